The maximum Gasteiger partial charge on any atom is 0.448 e. The average molecular weight is 779 g/mol. The summed E-state index contributed by atoms with van der Waals surface area (Å²) in [5, 5.41) is 0. The van der Waals surface area contributed by atoms with E-state index in [-0.39, 0.29) is 6.92 Å². The van der Waals surface area contributed by atoms with Crippen LogP contribution >= 0.6 is 0 Å². The van der Waals surface area contributed by atoms with Crippen molar-refractivity contribution >= 4 is 0 Å². The maximum atomic E-state index is 15.7. The molecule has 3 saturated heterocycles. The molecule has 0 N–H and O–H groups in total. The first-order chi connectivity index (χ1) is 22.5. The van der Waals surface area contributed by atoms with E-state index in [4.69, 9.17) is 4.74 Å². The topological polar surface area (TPSA) is 27.7 Å². The predicted molar refractivity (Wildman–Crippen MR) is 138 cm³/mol. The Labute approximate surface area is 280 Å². The zero-order chi connectivity index (χ0) is 39.1. The zero-order valence-electron chi connectivity index (χ0n) is 27.6. The van der Waals surface area contributed by atoms with E-state index in [0.29, 0.717) is 6.92 Å². The Morgan fingerprint density at radius 1 is 0.608 bits per heavy atom. The zero-order valence-corrected chi connectivity index (χ0v) is 27.6. The smallest absolute Gasteiger partial charge is 0.354 e. The molecule has 6 rings (SSSR count). The van der Waals surface area contributed by atoms with Crippen molar-refractivity contribution in [3.05, 3.63) is 0 Å². The van der Waals surface area contributed by atoms with Crippen LogP contribution < -0.4 is 0 Å². The first kappa shape index (κ1) is 39.4. The SMILES string of the molecule is CC1C(C2C(CC(C)(C)C3C4OC(C(F)(F)F)(C(F)(F)F)C5CC3C(C)(C)C45)C(F)(F)OC2(F)F)C2CC1C(F)(C(F)(F)F)OC2(C)C(F)(F)F. The Balaban J connectivity index is 1.43. The molecule has 51 heavy (non-hydrogen) atoms. The molecule has 6 fully saturated rings. The van der Waals surface area contributed by atoms with E-state index in [1.54, 1.807) is 0 Å². The molecule has 0 aromatic heterocycles. The number of ether oxygens (including phenoxy) is 3. The van der Waals surface area contributed by atoms with Crippen molar-refractivity contribution in [2.24, 2.45) is 70.0 Å². The lowest BCUT2D eigenvalue weighted by molar-refractivity contribution is -0.435. The van der Waals surface area contributed by atoms with Gasteiger partial charge in [0.15, 0.2) is 5.60 Å². The van der Waals surface area contributed by atoms with E-state index in [2.05, 4.69) is 9.47 Å². The van der Waals surface area contributed by atoms with E-state index in [9.17, 15) is 52.7 Å². The second kappa shape index (κ2) is 10.3. The molecule has 4 bridgehead atoms. The fourth-order valence-corrected chi connectivity index (χ4v) is 11.9. The summed E-state index contributed by atoms with van der Waals surface area (Å²) in [6.07, 6.45) is -39.0. The van der Waals surface area contributed by atoms with Crippen molar-refractivity contribution < 1.29 is 88.8 Å². The number of alkyl halides is 17. The minimum absolute atomic E-state index is 0.0167. The lowest BCUT2D eigenvalue weighted by Gasteiger charge is -2.49. The number of rotatable bonds is 4. The van der Waals surface area contributed by atoms with Gasteiger partial charge in [-0.05, 0) is 66.6 Å². The first-order valence-corrected chi connectivity index (χ1v) is 16.3. The van der Waals surface area contributed by atoms with Crippen molar-refractivity contribution in [1.29, 1.82) is 0 Å². The summed E-state index contributed by atoms with van der Waals surface area (Å²) >= 11 is 0. The highest BCUT2D eigenvalue weighted by atomic mass is 19.4. The van der Waals surface area contributed by atoms with E-state index in [1.807, 2.05) is 0 Å². The van der Waals surface area contributed by atoms with Gasteiger partial charge in [-0.15, -0.1) is 0 Å². The quantitative estimate of drug-likeness (QED) is 0.266. The van der Waals surface area contributed by atoms with Crippen LogP contribution in [0.5, 0.6) is 0 Å². The summed E-state index contributed by atoms with van der Waals surface area (Å²) in [5.74, 6) is -26.4. The van der Waals surface area contributed by atoms with E-state index in [0.717, 1.165) is 13.8 Å². The standard InChI is InChI=1S/C31H35F17O3/c1-10-11-7-12(23(6,28(37,38)39)50-25(11,32)31(46,47)48)16(10)17-15(26(33,34)51-27(17,35)36)9-21(2,3)18-13-8-14-19(22(13,4)5)20(18)49-24(14,29(40,41)42)30(43,44)45/h10-20H,7-9H2,1-6H3. The molecule has 20 heteroatoms. The predicted octanol–water partition coefficient (Wildman–Crippen LogP) is 10.5. The molecule has 0 amide bonds. The summed E-state index contributed by atoms with van der Waals surface area (Å²) in [4.78, 5) is 0. The van der Waals surface area contributed by atoms with Gasteiger partial charge in [0, 0.05) is 17.8 Å². The van der Waals surface area contributed by atoms with Gasteiger partial charge in [0.2, 0.25) is 0 Å². The summed E-state index contributed by atoms with van der Waals surface area (Å²) in [6, 6.07) is 0. The molecule has 0 aromatic carbocycles. The largest absolute Gasteiger partial charge is 0.448 e. The van der Waals surface area contributed by atoms with Gasteiger partial charge in [-0.3, -0.25) is 4.74 Å². The molecular formula is C31H35F17O3. The normalized spacial score (nSPS) is 47.0. The third-order valence-corrected chi connectivity index (χ3v) is 13.9. The lowest BCUT2D eigenvalue weighted by Crippen LogP contribution is -2.64. The van der Waals surface area contributed by atoms with E-state index in [1.165, 1.54) is 13.8 Å². The van der Waals surface area contributed by atoms with Crippen LogP contribution in [0.25, 0.3) is 0 Å². The summed E-state index contributed by atoms with van der Waals surface area (Å²) < 4.78 is 263. The Bertz CT molecular complexity index is 1400. The minimum atomic E-state index is -6.12. The number of halogens is 17. The number of hydrogen-bond donors (Lipinski definition) is 0. The van der Waals surface area contributed by atoms with Crippen molar-refractivity contribution in [2.45, 2.75) is 121 Å². The van der Waals surface area contributed by atoms with Crippen molar-refractivity contribution in [1.82, 2.24) is 0 Å². The molecule has 3 aliphatic heterocycles. The molecule has 6 aliphatic rings. The molecule has 13 unspecified atom stereocenters. The van der Waals surface area contributed by atoms with Crippen LogP contribution in [-0.4, -0.2) is 60.1 Å². The Hall–Kier alpha value is -1.31. The van der Waals surface area contributed by atoms with Crippen molar-refractivity contribution in [3.63, 3.8) is 0 Å². The van der Waals surface area contributed by atoms with Crippen LogP contribution in [0.15, 0.2) is 0 Å². The van der Waals surface area contributed by atoms with Crippen LogP contribution in [0.2, 0.25) is 0 Å². The number of fused-ring (bicyclic) bond motifs is 3. The highest BCUT2D eigenvalue weighted by Crippen LogP contribution is 2.78. The molecule has 3 aliphatic carbocycles. The van der Waals surface area contributed by atoms with Crippen LogP contribution in [0.4, 0.5) is 74.6 Å². The van der Waals surface area contributed by atoms with E-state index >= 15 is 22.0 Å². The molecule has 0 aromatic rings. The third kappa shape index (κ3) is 4.80. The molecule has 13 atom stereocenters. The van der Waals surface area contributed by atoms with Crippen LogP contribution in [0.1, 0.15) is 60.8 Å². The van der Waals surface area contributed by atoms with Gasteiger partial charge < -0.3 is 9.47 Å². The Kier molecular flexibility index (Phi) is 7.95. The van der Waals surface area contributed by atoms with E-state index < -0.39 is 149 Å². The fraction of sp³-hybridized carbons (Fsp3) is 1.00. The highest BCUT2D eigenvalue weighted by Gasteiger charge is 2.88. The molecule has 296 valence electrons. The molecule has 3 nitrogen and oxygen atoms in total. The average Bonchev–Trinajstić information content (AvgIpc) is 3.54. The van der Waals surface area contributed by atoms with Crippen LogP contribution in [-0.2, 0) is 14.2 Å². The summed E-state index contributed by atoms with van der Waals surface area (Å²) in [6.45, 7) is 5.73. The van der Waals surface area contributed by atoms with Gasteiger partial charge in [-0.1, -0.05) is 34.6 Å². The monoisotopic (exact) mass is 778 g/mol. The van der Waals surface area contributed by atoms with Gasteiger partial charge in [-0.2, -0.15) is 70.2 Å². The van der Waals surface area contributed by atoms with Gasteiger partial charge in [0.1, 0.15) is 0 Å². The lowest BCUT2D eigenvalue weighted by atomic mass is 9.60. The minimum Gasteiger partial charge on any atom is -0.354 e. The second-order valence-electron chi connectivity index (χ2n) is 16.9. The first-order valence-electron chi connectivity index (χ1n) is 16.3. The molecule has 0 spiro atoms. The highest BCUT2D eigenvalue weighted by molar-refractivity contribution is 5.25. The second-order valence-corrected chi connectivity index (χ2v) is 16.9. The van der Waals surface area contributed by atoms with Crippen LogP contribution in [0, 0.1) is 70.0 Å². The van der Waals surface area contributed by atoms with Crippen molar-refractivity contribution in [2.75, 3.05) is 0 Å². The molecule has 3 heterocycles. The van der Waals surface area contributed by atoms with Crippen LogP contribution in [0.3, 0.4) is 0 Å². The van der Waals surface area contributed by atoms with Crippen molar-refractivity contribution in [3.8, 4) is 0 Å². The summed E-state index contributed by atoms with van der Waals surface area (Å²) in [7, 11) is 0. The van der Waals surface area contributed by atoms with Gasteiger partial charge in [0.25, 0.3) is 5.60 Å². The van der Waals surface area contributed by atoms with Gasteiger partial charge in [-0.25, -0.2) is 4.39 Å². The fourth-order valence-electron chi connectivity index (χ4n) is 11.9. The molecule has 3 saturated carbocycles. The number of hydrogen-bond acceptors (Lipinski definition) is 3. The molecule has 0 radical (unpaired) electrons. The van der Waals surface area contributed by atoms with Gasteiger partial charge in [0.05, 0.1) is 17.9 Å². The Morgan fingerprint density at radius 3 is 1.59 bits per heavy atom. The third-order valence-electron chi connectivity index (χ3n) is 13.9. The maximum absolute atomic E-state index is 15.7. The summed E-state index contributed by atoms with van der Waals surface area (Å²) in [5.41, 5.74) is -12.0. The molecular weight excluding hydrogens is 743 g/mol. The van der Waals surface area contributed by atoms with Gasteiger partial charge >= 0.3 is 42.8 Å². The Morgan fingerprint density at radius 2 is 1.12 bits per heavy atom.